The topological polar surface area (TPSA) is 26.3 Å². The van der Waals surface area contributed by atoms with Crippen molar-refractivity contribution < 1.29 is 9.53 Å². The van der Waals surface area contributed by atoms with Crippen LogP contribution in [0.3, 0.4) is 0 Å². The van der Waals surface area contributed by atoms with E-state index >= 15 is 0 Å². The number of hydrogen-bond donors (Lipinski definition) is 0. The molecule has 0 aromatic heterocycles. The Labute approximate surface area is 73.3 Å². The SMILES string of the molecule is CC1(C)CC(=O)C2CCCC2O1. The summed E-state index contributed by atoms with van der Waals surface area (Å²) in [6.07, 6.45) is 4.14. The van der Waals surface area contributed by atoms with Crippen molar-refractivity contribution in [2.24, 2.45) is 5.92 Å². The van der Waals surface area contributed by atoms with E-state index in [0.717, 1.165) is 19.3 Å². The summed E-state index contributed by atoms with van der Waals surface area (Å²) in [6.45, 7) is 4.03. The average Bonchev–Trinajstić information content (AvgIpc) is 2.31. The first-order valence-corrected chi connectivity index (χ1v) is 4.79. The third-order valence-electron chi connectivity index (χ3n) is 2.94. The van der Waals surface area contributed by atoms with Gasteiger partial charge in [-0.2, -0.15) is 0 Å². The number of carbonyl (C=O) groups excluding carboxylic acids is 1. The monoisotopic (exact) mass is 168 g/mol. The first kappa shape index (κ1) is 8.24. The largest absolute Gasteiger partial charge is 0.371 e. The third kappa shape index (κ3) is 1.28. The molecule has 0 radical (unpaired) electrons. The molecular weight excluding hydrogens is 152 g/mol. The molecule has 1 saturated heterocycles. The van der Waals surface area contributed by atoms with Crippen molar-refractivity contribution in [2.75, 3.05) is 0 Å². The van der Waals surface area contributed by atoms with Crippen LogP contribution in [0.1, 0.15) is 39.5 Å². The summed E-state index contributed by atoms with van der Waals surface area (Å²) in [7, 11) is 0. The predicted octanol–water partition coefficient (Wildman–Crippen LogP) is 1.92. The molecule has 1 aliphatic heterocycles. The number of rotatable bonds is 0. The summed E-state index contributed by atoms with van der Waals surface area (Å²) in [4.78, 5) is 11.6. The van der Waals surface area contributed by atoms with Gasteiger partial charge in [0.25, 0.3) is 0 Å². The maximum Gasteiger partial charge on any atom is 0.141 e. The van der Waals surface area contributed by atoms with Crippen LogP contribution in [-0.2, 0) is 9.53 Å². The van der Waals surface area contributed by atoms with Crippen molar-refractivity contribution in [3.63, 3.8) is 0 Å². The van der Waals surface area contributed by atoms with Gasteiger partial charge in [0.15, 0.2) is 0 Å². The Morgan fingerprint density at radius 3 is 2.92 bits per heavy atom. The van der Waals surface area contributed by atoms with Crippen molar-refractivity contribution >= 4 is 5.78 Å². The summed E-state index contributed by atoms with van der Waals surface area (Å²) < 4.78 is 5.85. The fraction of sp³-hybridized carbons (Fsp3) is 0.900. The minimum Gasteiger partial charge on any atom is -0.371 e. The summed E-state index contributed by atoms with van der Waals surface area (Å²) >= 11 is 0. The van der Waals surface area contributed by atoms with E-state index in [1.54, 1.807) is 0 Å². The first-order chi connectivity index (χ1) is 5.58. The molecule has 0 N–H and O–H groups in total. The van der Waals surface area contributed by atoms with Gasteiger partial charge in [-0.05, 0) is 26.7 Å². The lowest BCUT2D eigenvalue weighted by molar-refractivity contribution is -0.157. The molecule has 0 bridgehead atoms. The summed E-state index contributed by atoms with van der Waals surface area (Å²) in [5.74, 6) is 0.659. The second kappa shape index (κ2) is 2.56. The number of hydrogen-bond acceptors (Lipinski definition) is 2. The fourth-order valence-electron chi connectivity index (χ4n) is 2.44. The van der Waals surface area contributed by atoms with Gasteiger partial charge in [0, 0.05) is 12.3 Å². The second-order valence-electron chi connectivity index (χ2n) is 4.60. The second-order valence-corrected chi connectivity index (χ2v) is 4.60. The molecule has 0 aromatic carbocycles. The first-order valence-electron chi connectivity index (χ1n) is 4.79. The number of ether oxygens (including phenoxy) is 1. The Kier molecular flexibility index (Phi) is 1.76. The lowest BCUT2D eigenvalue weighted by Gasteiger charge is -2.37. The quantitative estimate of drug-likeness (QED) is 0.552. The highest BCUT2D eigenvalue weighted by Gasteiger charge is 2.43. The fourth-order valence-corrected chi connectivity index (χ4v) is 2.44. The van der Waals surface area contributed by atoms with Crippen molar-refractivity contribution in [1.82, 2.24) is 0 Å². The number of ketones is 1. The van der Waals surface area contributed by atoms with Crippen LogP contribution in [0.2, 0.25) is 0 Å². The van der Waals surface area contributed by atoms with Crippen molar-refractivity contribution in [3.8, 4) is 0 Å². The van der Waals surface area contributed by atoms with Gasteiger partial charge in [0.05, 0.1) is 11.7 Å². The minimum absolute atomic E-state index is 0.206. The van der Waals surface area contributed by atoms with Crippen LogP contribution in [-0.4, -0.2) is 17.5 Å². The molecule has 2 nitrogen and oxygen atoms in total. The van der Waals surface area contributed by atoms with Crippen LogP contribution >= 0.6 is 0 Å². The zero-order valence-electron chi connectivity index (χ0n) is 7.80. The molecule has 2 atom stereocenters. The number of Topliss-reactive ketones (excluding diaryl/α,β-unsaturated/α-hetero) is 1. The van der Waals surface area contributed by atoms with Gasteiger partial charge in [0.1, 0.15) is 5.78 Å². The van der Waals surface area contributed by atoms with Gasteiger partial charge >= 0.3 is 0 Å². The predicted molar refractivity (Wildman–Crippen MR) is 45.9 cm³/mol. The smallest absolute Gasteiger partial charge is 0.141 e. The highest BCUT2D eigenvalue weighted by molar-refractivity contribution is 5.83. The molecule has 1 saturated carbocycles. The maximum absolute atomic E-state index is 11.6. The summed E-state index contributed by atoms with van der Waals surface area (Å²) in [5, 5.41) is 0. The lowest BCUT2D eigenvalue weighted by Crippen LogP contribution is -2.44. The van der Waals surface area contributed by atoms with Crippen LogP contribution < -0.4 is 0 Å². The molecule has 1 heterocycles. The van der Waals surface area contributed by atoms with Gasteiger partial charge in [-0.15, -0.1) is 0 Å². The van der Waals surface area contributed by atoms with E-state index in [2.05, 4.69) is 0 Å². The molecule has 2 unspecified atom stereocenters. The Bertz CT molecular complexity index is 208. The van der Waals surface area contributed by atoms with Crippen molar-refractivity contribution in [3.05, 3.63) is 0 Å². The van der Waals surface area contributed by atoms with E-state index in [4.69, 9.17) is 4.74 Å². The molecule has 0 aromatic rings. The van der Waals surface area contributed by atoms with Gasteiger partial charge in [0.2, 0.25) is 0 Å². The molecule has 0 amide bonds. The molecule has 2 fully saturated rings. The van der Waals surface area contributed by atoms with Crippen LogP contribution in [0.5, 0.6) is 0 Å². The van der Waals surface area contributed by atoms with E-state index in [0.29, 0.717) is 12.2 Å². The molecule has 12 heavy (non-hydrogen) atoms. The summed E-state index contributed by atoms with van der Waals surface area (Å²) in [5.41, 5.74) is -0.206. The van der Waals surface area contributed by atoms with Gasteiger partial charge in [-0.1, -0.05) is 6.42 Å². The van der Waals surface area contributed by atoms with E-state index in [1.165, 1.54) is 0 Å². The maximum atomic E-state index is 11.6. The van der Waals surface area contributed by atoms with Crippen molar-refractivity contribution in [1.29, 1.82) is 0 Å². The zero-order chi connectivity index (χ0) is 8.77. The normalized spacial score (nSPS) is 39.7. The van der Waals surface area contributed by atoms with Crippen LogP contribution in [0.15, 0.2) is 0 Å². The van der Waals surface area contributed by atoms with Gasteiger partial charge in [-0.25, -0.2) is 0 Å². The molecule has 1 aliphatic carbocycles. The van der Waals surface area contributed by atoms with Crippen LogP contribution in [0, 0.1) is 5.92 Å². The average molecular weight is 168 g/mol. The highest BCUT2D eigenvalue weighted by Crippen LogP contribution is 2.38. The van der Waals surface area contributed by atoms with E-state index in [-0.39, 0.29) is 17.6 Å². The molecule has 68 valence electrons. The molecule has 0 spiro atoms. The number of carbonyl (C=O) groups is 1. The molecule has 2 rings (SSSR count). The van der Waals surface area contributed by atoms with E-state index in [1.807, 2.05) is 13.8 Å². The lowest BCUT2D eigenvalue weighted by atomic mass is 9.87. The Balaban J connectivity index is 2.15. The van der Waals surface area contributed by atoms with E-state index < -0.39 is 0 Å². The van der Waals surface area contributed by atoms with E-state index in [9.17, 15) is 4.79 Å². The van der Waals surface area contributed by atoms with Crippen LogP contribution in [0.25, 0.3) is 0 Å². The standard InChI is InChI=1S/C10H16O2/c1-10(2)6-8(11)7-4-3-5-9(7)12-10/h7,9H,3-6H2,1-2H3. The summed E-state index contributed by atoms with van der Waals surface area (Å²) in [6, 6.07) is 0. The molecule has 2 aliphatic rings. The third-order valence-corrected chi connectivity index (χ3v) is 2.94. The Morgan fingerprint density at radius 2 is 2.17 bits per heavy atom. The molecule has 2 heteroatoms. The Hall–Kier alpha value is -0.370. The van der Waals surface area contributed by atoms with Gasteiger partial charge < -0.3 is 4.74 Å². The highest BCUT2D eigenvalue weighted by atomic mass is 16.5. The molecular formula is C10H16O2. The number of fused-ring (bicyclic) bond motifs is 1. The zero-order valence-corrected chi connectivity index (χ0v) is 7.80. The van der Waals surface area contributed by atoms with Gasteiger partial charge in [-0.3, -0.25) is 4.79 Å². The van der Waals surface area contributed by atoms with Crippen LogP contribution in [0.4, 0.5) is 0 Å². The Morgan fingerprint density at radius 1 is 1.42 bits per heavy atom. The minimum atomic E-state index is -0.206. The van der Waals surface area contributed by atoms with Crippen molar-refractivity contribution in [2.45, 2.75) is 51.2 Å².